The first kappa shape index (κ1) is 21.6. The second-order valence-electron chi connectivity index (χ2n) is 6.91. The van der Waals surface area contributed by atoms with Crippen molar-refractivity contribution in [1.29, 1.82) is 0 Å². The normalized spacial score (nSPS) is 11.7. The maximum Gasteiger partial charge on any atom is 0.347 e. The number of anilines is 1. The zero-order chi connectivity index (χ0) is 20.8. The molecule has 0 heterocycles. The highest BCUT2D eigenvalue weighted by Gasteiger charge is 2.29. The maximum absolute atomic E-state index is 11.2. The van der Waals surface area contributed by atoms with Gasteiger partial charge in [-0.15, -0.1) is 0 Å². The smallest absolute Gasteiger partial charge is 0.347 e. The molecule has 0 bridgehead atoms. The Morgan fingerprint density at radius 1 is 1.04 bits per heavy atom. The molecule has 0 aliphatic rings. The Kier molecular flexibility index (Phi) is 6.90. The molecule has 0 aliphatic heterocycles. The average Bonchev–Trinajstić information content (AvgIpc) is 2.60. The molecule has 0 fully saturated rings. The van der Waals surface area contributed by atoms with Gasteiger partial charge >= 0.3 is 5.97 Å². The monoisotopic (exact) mass is 407 g/mol. The molecule has 2 N–H and O–H groups in total. The summed E-state index contributed by atoms with van der Waals surface area (Å²) in [6.07, 6.45) is 2.70. The Morgan fingerprint density at radius 2 is 1.61 bits per heavy atom. The molecule has 152 valence electrons. The number of rotatable bonds is 10. The number of nitrogens with one attached hydrogen (secondary N) is 1. The SMILES string of the molecule is CC(C)(Oc1ccc(CCCOc2ccc(NS(C)(=O)=O)cc2)cc1)C(=O)O. The first-order valence-corrected chi connectivity index (χ1v) is 10.7. The zero-order valence-corrected chi connectivity index (χ0v) is 17.0. The molecular formula is C20H25NO6S. The van der Waals surface area contributed by atoms with Crippen molar-refractivity contribution in [2.24, 2.45) is 0 Å². The van der Waals surface area contributed by atoms with E-state index in [9.17, 15) is 13.2 Å². The van der Waals surface area contributed by atoms with Gasteiger partial charge in [-0.05, 0) is 68.7 Å². The van der Waals surface area contributed by atoms with Crippen LogP contribution in [0.25, 0.3) is 0 Å². The summed E-state index contributed by atoms with van der Waals surface area (Å²) < 4.78 is 35.9. The van der Waals surface area contributed by atoms with Crippen LogP contribution in [0.3, 0.4) is 0 Å². The predicted octanol–water partition coefficient (Wildman–Crippen LogP) is 3.31. The molecule has 2 aromatic carbocycles. The number of sulfonamides is 1. The van der Waals surface area contributed by atoms with Crippen molar-refractivity contribution in [3.05, 3.63) is 54.1 Å². The highest BCUT2D eigenvalue weighted by atomic mass is 32.2. The minimum Gasteiger partial charge on any atom is -0.494 e. The Morgan fingerprint density at radius 3 is 2.14 bits per heavy atom. The highest BCUT2D eigenvalue weighted by molar-refractivity contribution is 7.92. The summed E-state index contributed by atoms with van der Waals surface area (Å²) in [6, 6.07) is 14.0. The fourth-order valence-electron chi connectivity index (χ4n) is 2.36. The maximum atomic E-state index is 11.2. The van der Waals surface area contributed by atoms with Crippen LogP contribution in [0.15, 0.2) is 48.5 Å². The van der Waals surface area contributed by atoms with E-state index in [0.717, 1.165) is 24.7 Å². The van der Waals surface area contributed by atoms with Crippen LogP contribution in [0.5, 0.6) is 11.5 Å². The molecular weight excluding hydrogens is 382 g/mol. The summed E-state index contributed by atoms with van der Waals surface area (Å²) in [7, 11) is -3.29. The Hall–Kier alpha value is -2.74. The van der Waals surface area contributed by atoms with Gasteiger partial charge in [-0.1, -0.05) is 12.1 Å². The molecule has 7 nitrogen and oxygen atoms in total. The highest BCUT2D eigenvalue weighted by Crippen LogP contribution is 2.20. The molecule has 0 spiro atoms. The molecule has 0 saturated carbocycles. The third-order valence-electron chi connectivity index (χ3n) is 3.85. The quantitative estimate of drug-likeness (QED) is 0.586. The van der Waals surface area contributed by atoms with E-state index in [1.54, 1.807) is 36.4 Å². The fraction of sp³-hybridized carbons (Fsp3) is 0.350. The predicted molar refractivity (Wildman–Crippen MR) is 108 cm³/mol. The molecule has 0 saturated heterocycles. The summed E-state index contributed by atoms with van der Waals surface area (Å²) in [5.41, 5.74) is 0.307. The fourth-order valence-corrected chi connectivity index (χ4v) is 2.93. The van der Waals surface area contributed by atoms with E-state index in [2.05, 4.69) is 4.72 Å². The number of hydrogen-bond donors (Lipinski definition) is 2. The molecule has 0 atom stereocenters. The molecule has 0 radical (unpaired) electrons. The molecule has 8 heteroatoms. The first-order valence-electron chi connectivity index (χ1n) is 8.77. The van der Waals surface area contributed by atoms with Crippen molar-refractivity contribution in [3.8, 4) is 11.5 Å². The number of aryl methyl sites for hydroxylation is 1. The van der Waals surface area contributed by atoms with Crippen LogP contribution in [0, 0.1) is 0 Å². The van der Waals surface area contributed by atoms with Gasteiger partial charge in [0.2, 0.25) is 10.0 Å². The van der Waals surface area contributed by atoms with E-state index in [1.807, 2.05) is 12.1 Å². The lowest BCUT2D eigenvalue weighted by Gasteiger charge is -2.21. The number of carbonyl (C=O) groups is 1. The van der Waals surface area contributed by atoms with Crippen LogP contribution in [0.1, 0.15) is 25.8 Å². The second kappa shape index (κ2) is 8.97. The van der Waals surface area contributed by atoms with Crippen molar-refractivity contribution < 1.29 is 27.8 Å². The molecule has 2 rings (SSSR count). The average molecular weight is 407 g/mol. The Balaban J connectivity index is 1.77. The van der Waals surface area contributed by atoms with E-state index in [4.69, 9.17) is 14.6 Å². The van der Waals surface area contributed by atoms with Crippen molar-refractivity contribution in [2.45, 2.75) is 32.3 Å². The van der Waals surface area contributed by atoms with E-state index in [0.29, 0.717) is 23.8 Å². The lowest BCUT2D eigenvalue weighted by molar-refractivity contribution is -0.152. The molecule has 2 aromatic rings. The van der Waals surface area contributed by atoms with Crippen LogP contribution < -0.4 is 14.2 Å². The molecule has 0 amide bonds. The van der Waals surface area contributed by atoms with Crippen LogP contribution in [-0.4, -0.2) is 38.0 Å². The van der Waals surface area contributed by atoms with Gasteiger partial charge < -0.3 is 14.6 Å². The van der Waals surface area contributed by atoms with Gasteiger partial charge in [0.05, 0.1) is 12.9 Å². The molecule has 0 aliphatic carbocycles. The summed E-state index contributed by atoms with van der Waals surface area (Å²) in [6.45, 7) is 3.53. The summed E-state index contributed by atoms with van der Waals surface area (Å²) >= 11 is 0. The Bertz CT molecular complexity index is 889. The first-order chi connectivity index (χ1) is 13.0. The number of carboxylic acid groups (broad SMARTS) is 1. The van der Waals surface area contributed by atoms with Crippen LogP contribution in [-0.2, 0) is 21.2 Å². The van der Waals surface area contributed by atoms with E-state index in [-0.39, 0.29) is 0 Å². The van der Waals surface area contributed by atoms with Gasteiger partial charge in [-0.2, -0.15) is 0 Å². The van der Waals surface area contributed by atoms with E-state index >= 15 is 0 Å². The Labute approximate surface area is 165 Å². The van der Waals surface area contributed by atoms with Crippen LogP contribution in [0.2, 0.25) is 0 Å². The summed E-state index contributed by atoms with van der Waals surface area (Å²) in [5, 5.41) is 9.09. The minimum absolute atomic E-state index is 0.489. The summed E-state index contributed by atoms with van der Waals surface area (Å²) in [4.78, 5) is 11.1. The lowest BCUT2D eigenvalue weighted by atomic mass is 10.1. The second-order valence-corrected chi connectivity index (χ2v) is 8.66. The van der Waals surface area contributed by atoms with Crippen LogP contribution in [0.4, 0.5) is 5.69 Å². The number of aliphatic carboxylic acids is 1. The number of benzene rings is 2. The van der Waals surface area contributed by atoms with Gasteiger partial charge in [0, 0.05) is 5.69 Å². The van der Waals surface area contributed by atoms with Crippen molar-refractivity contribution >= 4 is 21.7 Å². The molecule has 0 unspecified atom stereocenters. The standard InChI is InChI=1S/C20H25NO6S/c1-20(2,19(22)23)27-18-10-6-15(7-11-18)5-4-14-26-17-12-8-16(9-13-17)21-28(3,24)25/h6-13,21H,4-5,14H2,1-3H3,(H,22,23). The number of carboxylic acids is 1. The van der Waals surface area contributed by atoms with Crippen molar-refractivity contribution in [2.75, 3.05) is 17.6 Å². The largest absolute Gasteiger partial charge is 0.494 e. The van der Waals surface area contributed by atoms with Crippen molar-refractivity contribution in [1.82, 2.24) is 0 Å². The van der Waals surface area contributed by atoms with E-state index in [1.165, 1.54) is 13.8 Å². The van der Waals surface area contributed by atoms with Gasteiger partial charge in [-0.25, -0.2) is 13.2 Å². The third-order valence-corrected chi connectivity index (χ3v) is 4.45. The van der Waals surface area contributed by atoms with E-state index < -0.39 is 21.6 Å². The molecule has 0 aromatic heterocycles. The van der Waals surface area contributed by atoms with Gasteiger partial charge in [0.1, 0.15) is 11.5 Å². The van der Waals surface area contributed by atoms with Gasteiger partial charge in [-0.3, -0.25) is 4.72 Å². The van der Waals surface area contributed by atoms with Gasteiger partial charge in [0.25, 0.3) is 0 Å². The minimum atomic E-state index is -3.29. The number of hydrogen-bond acceptors (Lipinski definition) is 5. The topological polar surface area (TPSA) is 102 Å². The molecule has 28 heavy (non-hydrogen) atoms. The lowest BCUT2D eigenvalue weighted by Crippen LogP contribution is -2.37. The number of ether oxygens (including phenoxy) is 2. The zero-order valence-electron chi connectivity index (χ0n) is 16.1. The summed E-state index contributed by atoms with van der Waals surface area (Å²) in [5.74, 6) is 0.155. The van der Waals surface area contributed by atoms with Crippen LogP contribution >= 0.6 is 0 Å². The van der Waals surface area contributed by atoms with Gasteiger partial charge in [0.15, 0.2) is 5.60 Å². The third kappa shape index (κ3) is 7.11. The van der Waals surface area contributed by atoms with Crippen molar-refractivity contribution in [3.63, 3.8) is 0 Å².